The summed E-state index contributed by atoms with van der Waals surface area (Å²) in [6.07, 6.45) is 3.06. The molecule has 1 aromatic heterocycles. The number of piperidine rings is 1. The van der Waals surface area contributed by atoms with Gasteiger partial charge in [-0.1, -0.05) is 5.16 Å². The SMILES string of the molecule is Cc1nc([C@@H]2CCCCN2C(=O)CN(C)C)no1. The molecule has 2 rings (SSSR count). The van der Waals surface area contributed by atoms with Crippen LogP contribution in [0.1, 0.15) is 37.0 Å². The summed E-state index contributed by atoms with van der Waals surface area (Å²) in [6, 6.07) is -0.0244. The first kappa shape index (κ1) is 13.0. The number of nitrogens with zero attached hydrogens (tertiary/aromatic N) is 4. The minimum Gasteiger partial charge on any atom is -0.340 e. The van der Waals surface area contributed by atoms with Gasteiger partial charge in [-0.25, -0.2) is 0 Å². The molecule has 0 unspecified atom stereocenters. The van der Waals surface area contributed by atoms with Crippen molar-refractivity contribution in [3.63, 3.8) is 0 Å². The molecule has 18 heavy (non-hydrogen) atoms. The minimum atomic E-state index is -0.0244. The lowest BCUT2D eigenvalue weighted by molar-refractivity contribution is -0.135. The summed E-state index contributed by atoms with van der Waals surface area (Å²) < 4.78 is 5.02. The summed E-state index contributed by atoms with van der Waals surface area (Å²) in [4.78, 5) is 20.2. The molecule has 1 saturated heterocycles. The predicted octanol–water partition coefficient (Wildman–Crippen LogP) is 0.993. The Morgan fingerprint density at radius 2 is 2.28 bits per heavy atom. The molecule has 0 saturated carbocycles. The van der Waals surface area contributed by atoms with E-state index in [2.05, 4.69) is 10.1 Å². The summed E-state index contributed by atoms with van der Waals surface area (Å²) in [7, 11) is 3.80. The highest BCUT2D eigenvalue weighted by molar-refractivity contribution is 5.78. The van der Waals surface area contributed by atoms with Gasteiger partial charge in [0.2, 0.25) is 11.8 Å². The second-order valence-corrected chi connectivity index (χ2v) is 5.01. The molecule has 1 aliphatic heterocycles. The number of hydrogen-bond acceptors (Lipinski definition) is 5. The maximum atomic E-state index is 12.2. The quantitative estimate of drug-likeness (QED) is 0.803. The van der Waals surface area contributed by atoms with Crippen LogP contribution >= 0.6 is 0 Å². The maximum absolute atomic E-state index is 12.2. The smallest absolute Gasteiger partial charge is 0.237 e. The number of aromatic nitrogens is 2. The van der Waals surface area contributed by atoms with Crippen molar-refractivity contribution < 1.29 is 9.32 Å². The molecule has 1 amide bonds. The van der Waals surface area contributed by atoms with Crippen molar-refractivity contribution in [1.29, 1.82) is 0 Å². The maximum Gasteiger partial charge on any atom is 0.237 e. The predicted molar refractivity (Wildman–Crippen MR) is 65.9 cm³/mol. The van der Waals surface area contributed by atoms with Crippen LogP contribution < -0.4 is 0 Å². The Morgan fingerprint density at radius 1 is 1.50 bits per heavy atom. The standard InChI is InChI=1S/C12H20N4O2/c1-9-13-12(14-18-9)10-6-4-5-7-16(10)11(17)8-15(2)3/h10H,4-8H2,1-3H3/t10-/m0/s1. The molecule has 2 heterocycles. The summed E-state index contributed by atoms with van der Waals surface area (Å²) in [5.74, 6) is 1.32. The van der Waals surface area contributed by atoms with E-state index in [1.165, 1.54) is 0 Å². The average Bonchev–Trinajstić information content (AvgIpc) is 2.75. The fraction of sp³-hybridized carbons (Fsp3) is 0.750. The molecular formula is C12H20N4O2. The molecule has 0 aromatic carbocycles. The Kier molecular flexibility index (Phi) is 3.96. The number of carbonyl (C=O) groups is 1. The molecule has 1 fully saturated rings. The third kappa shape index (κ3) is 2.87. The number of hydrogen-bond donors (Lipinski definition) is 0. The summed E-state index contributed by atoms with van der Waals surface area (Å²) in [5, 5.41) is 3.96. The van der Waals surface area contributed by atoms with Gasteiger partial charge in [0.05, 0.1) is 12.6 Å². The van der Waals surface area contributed by atoms with E-state index in [1.54, 1.807) is 6.92 Å². The molecule has 0 bridgehead atoms. The first-order valence-electron chi connectivity index (χ1n) is 6.32. The zero-order chi connectivity index (χ0) is 13.1. The van der Waals surface area contributed by atoms with Crippen LogP contribution in [0, 0.1) is 6.92 Å². The van der Waals surface area contributed by atoms with Crippen LogP contribution in [-0.2, 0) is 4.79 Å². The summed E-state index contributed by atoms with van der Waals surface area (Å²) in [5.41, 5.74) is 0. The number of likely N-dealkylation sites (tertiary alicyclic amines) is 1. The van der Waals surface area contributed by atoms with Crippen molar-refractivity contribution in [2.24, 2.45) is 0 Å². The van der Waals surface area contributed by atoms with E-state index in [0.717, 1.165) is 25.8 Å². The van der Waals surface area contributed by atoms with Crippen molar-refractivity contribution in [1.82, 2.24) is 19.9 Å². The number of likely N-dealkylation sites (N-methyl/N-ethyl adjacent to an activating group) is 1. The highest BCUT2D eigenvalue weighted by atomic mass is 16.5. The molecule has 6 heteroatoms. The molecule has 0 radical (unpaired) electrons. The molecule has 1 aromatic rings. The van der Waals surface area contributed by atoms with E-state index < -0.39 is 0 Å². The summed E-state index contributed by atoms with van der Waals surface area (Å²) in [6.45, 7) is 2.98. The zero-order valence-corrected chi connectivity index (χ0v) is 11.2. The third-order valence-corrected chi connectivity index (χ3v) is 3.12. The third-order valence-electron chi connectivity index (χ3n) is 3.12. The molecule has 0 spiro atoms. The van der Waals surface area contributed by atoms with Gasteiger partial charge in [0.25, 0.3) is 0 Å². The highest BCUT2D eigenvalue weighted by Crippen LogP contribution is 2.29. The van der Waals surface area contributed by atoms with E-state index in [1.807, 2.05) is 23.9 Å². The van der Waals surface area contributed by atoms with Crippen LogP contribution in [0.15, 0.2) is 4.52 Å². The van der Waals surface area contributed by atoms with Gasteiger partial charge in [-0.05, 0) is 33.4 Å². The second-order valence-electron chi connectivity index (χ2n) is 5.01. The Hall–Kier alpha value is -1.43. The van der Waals surface area contributed by atoms with E-state index in [0.29, 0.717) is 18.3 Å². The van der Waals surface area contributed by atoms with Gasteiger partial charge in [-0.3, -0.25) is 4.79 Å². The lowest BCUT2D eigenvalue weighted by Gasteiger charge is -2.34. The van der Waals surface area contributed by atoms with E-state index >= 15 is 0 Å². The van der Waals surface area contributed by atoms with Gasteiger partial charge in [0, 0.05) is 13.5 Å². The fourth-order valence-corrected chi connectivity index (χ4v) is 2.31. The molecule has 0 aliphatic carbocycles. The normalized spacial score (nSPS) is 20.4. The Bertz CT molecular complexity index is 416. The van der Waals surface area contributed by atoms with Crippen molar-refractivity contribution in [2.75, 3.05) is 27.2 Å². The molecule has 1 atom stereocenters. The van der Waals surface area contributed by atoms with Crippen LogP contribution in [0.3, 0.4) is 0 Å². The monoisotopic (exact) mass is 252 g/mol. The zero-order valence-electron chi connectivity index (χ0n) is 11.2. The Labute approximate surface area is 107 Å². The van der Waals surface area contributed by atoms with E-state index in [4.69, 9.17) is 4.52 Å². The minimum absolute atomic E-state index is 0.0244. The lowest BCUT2D eigenvalue weighted by atomic mass is 10.0. The van der Waals surface area contributed by atoms with Crippen molar-refractivity contribution in [3.05, 3.63) is 11.7 Å². The number of amides is 1. The van der Waals surface area contributed by atoms with Crippen molar-refractivity contribution >= 4 is 5.91 Å². The average molecular weight is 252 g/mol. The van der Waals surface area contributed by atoms with Crippen LogP contribution in [-0.4, -0.2) is 53.0 Å². The Balaban J connectivity index is 2.13. The fourth-order valence-electron chi connectivity index (χ4n) is 2.31. The second kappa shape index (κ2) is 5.48. The molecule has 1 aliphatic rings. The molecule has 6 nitrogen and oxygen atoms in total. The van der Waals surface area contributed by atoms with Crippen molar-refractivity contribution in [3.8, 4) is 0 Å². The van der Waals surface area contributed by atoms with Crippen LogP contribution in [0.5, 0.6) is 0 Å². The first-order valence-corrected chi connectivity index (χ1v) is 6.32. The summed E-state index contributed by atoms with van der Waals surface area (Å²) >= 11 is 0. The van der Waals surface area contributed by atoms with Gasteiger partial charge in [-0.2, -0.15) is 4.98 Å². The molecule has 0 N–H and O–H groups in total. The van der Waals surface area contributed by atoms with Crippen LogP contribution in [0.4, 0.5) is 0 Å². The number of rotatable bonds is 3. The largest absolute Gasteiger partial charge is 0.340 e. The Morgan fingerprint density at radius 3 is 2.89 bits per heavy atom. The molecular weight excluding hydrogens is 232 g/mol. The molecule has 100 valence electrons. The number of aryl methyl sites for hydroxylation is 1. The highest BCUT2D eigenvalue weighted by Gasteiger charge is 2.31. The topological polar surface area (TPSA) is 62.5 Å². The van der Waals surface area contributed by atoms with Crippen molar-refractivity contribution in [2.45, 2.75) is 32.2 Å². The van der Waals surface area contributed by atoms with Gasteiger partial charge >= 0.3 is 0 Å². The van der Waals surface area contributed by atoms with Crippen LogP contribution in [0.25, 0.3) is 0 Å². The number of carbonyl (C=O) groups excluding carboxylic acids is 1. The van der Waals surface area contributed by atoms with E-state index in [-0.39, 0.29) is 11.9 Å². The van der Waals surface area contributed by atoms with Gasteiger partial charge < -0.3 is 14.3 Å². The van der Waals surface area contributed by atoms with Gasteiger partial charge in [0.1, 0.15) is 0 Å². The van der Waals surface area contributed by atoms with Gasteiger partial charge in [-0.15, -0.1) is 0 Å². The van der Waals surface area contributed by atoms with Gasteiger partial charge in [0.15, 0.2) is 5.82 Å². The first-order chi connectivity index (χ1) is 8.58. The van der Waals surface area contributed by atoms with E-state index in [9.17, 15) is 4.79 Å². The lowest BCUT2D eigenvalue weighted by Crippen LogP contribution is -2.43. The van der Waals surface area contributed by atoms with Crippen LogP contribution in [0.2, 0.25) is 0 Å².